The summed E-state index contributed by atoms with van der Waals surface area (Å²) < 4.78 is 28.0. The summed E-state index contributed by atoms with van der Waals surface area (Å²) >= 11 is 1.64. The summed E-state index contributed by atoms with van der Waals surface area (Å²) in [5.74, 6) is -0.0472. The van der Waals surface area contributed by atoms with E-state index in [0.29, 0.717) is 43.9 Å². The van der Waals surface area contributed by atoms with Gasteiger partial charge in [-0.3, -0.25) is 4.79 Å². The summed E-state index contributed by atoms with van der Waals surface area (Å²) in [6.45, 7) is 5.64. The molecule has 5 nitrogen and oxygen atoms in total. The van der Waals surface area contributed by atoms with E-state index in [-0.39, 0.29) is 11.8 Å². The van der Waals surface area contributed by atoms with Crippen molar-refractivity contribution in [2.75, 3.05) is 19.6 Å². The van der Waals surface area contributed by atoms with Crippen LogP contribution in [0.25, 0.3) is 0 Å². The first-order valence-electron chi connectivity index (χ1n) is 11.0. The second-order valence-electron chi connectivity index (χ2n) is 8.40. The molecular formula is C24H30N2O3S2. The lowest BCUT2D eigenvalue weighted by Crippen LogP contribution is -2.44. The molecule has 1 aromatic carbocycles. The molecule has 1 fully saturated rings. The lowest BCUT2D eigenvalue weighted by atomic mass is 9.92. The van der Waals surface area contributed by atoms with Crippen LogP contribution in [-0.4, -0.2) is 43.2 Å². The molecule has 1 amide bonds. The standard InChI is InChI=1S/C24H30N2O3S2/c1-2-13-25(18-22-8-5-16-30-22)24(27)20-11-14-26(15-12-20)31(28,29)23-10-9-19-6-3-4-7-21(19)17-23/h2,5,8-10,16-17,20H,1,3-4,6-7,11-15,18H2. The van der Waals surface area contributed by atoms with E-state index in [1.165, 1.54) is 17.5 Å². The molecule has 0 spiro atoms. The highest BCUT2D eigenvalue weighted by Gasteiger charge is 2.34. The van der Waals surface area contributed by atoms with Gasteiger partial charge in [0, 0.05) is 30.4 Å². The Kier molecular flexibility index (Phi) is 6.94. The van der Waals surface area contributed by atoms with Crippen molar-refractivity contribution in [1.29, 1.82) is 0 Å². The fraction of sp³-hybridized carbons (Fsp3) is 0.458. The van der Waals surface area contributed by atoms with Gasteiger partial charge in [-0.2, -0.15) is 4.31 Å². The summed E-state index contributed by atoms with van der Waals surface area (Å²) in [6, 6.07) is 9.62. The Morgan fingerprint density at radius 1 is 1.16 bits per heavy atom. The summed E-state index contributed by atoms with van der Waals surface area (Å²) in [7, 11) is -3.52. The van der Waals surface area contributed by atoms with Gasteiger partial charge in [0.05, 0.1) is 11.4 Å². The van der Waals surface area contributed by atoms with Crippen LogP contribution < -0.4 is 0 Å². The topological polar surface area (TPSA) is 57.7 Å². The molecule has 7 heteroatoms. The largest absolute Gasteiger partial charge is 0.334 e. The first-order chi connectivity index (χ1) is 15.0. The minimum absolute atomic E-state index is 0.0964. The number of aryl methyl sites for hydroxylation is 2. The van der Waals surface area contributed by atoms with Crippen molar-refractivity contribution in [3.63, 3.8) is 0 Å². The van der Waals surface area contributed by atoms with Gasteiger partial charge in [0.2, 0.25) is 15.9 Å². The Morgan fingerprint density at radius 3 is 2.58 bits per heavy atom. The first kappa shape index (κ1) is 22.2. The SMILES string of the molecule is C=CCN(Cc1cccs1)C(=O)C1CCN(S(=O)(=O)c2ccc3c(c2)CCCC3)CC1. The van der Waals surface area contributed by atoms with Crippen LogP contribution in [0.1, 0.15) is 41.7 Å². The number of benzene rings is 1. The van der Waals surface area contributed by atoms with Gasteiger partial charge in [-0.15, -0.1) is 17.9 Å². The van der Waals surface area contributed by atoms with Crippen molar-refractivity contribution in [1.82, 2.24) is 9.21 Å². The number of hydrogen-bond acceptors (Lipinski definition) is 4. The van der Waals surface area contributed by atoms with E-state index < -0.39 is 10.0 Å². The molecule has 1 aliphatic heterocycles. The van der Waals surface area contributed by atoms with Gasteiger partial charge in [0.25, 0.3) is 0 Å². The van der Waals surface area contributed by atoms with E-state index in [4.69, 9.17) is 0 Å². The van der Waals surface area contributed by atoms with E-state index in [9.17, 15) is 13.2 Å². The number of sulfonamides is 1. The van der Waals surface area contributed by atoms with Crippen molar-refractivity contribution in [3.05, 3.63) is 64.4 Å². The number of rotatable bonds is 7. The Morgan fingerprint density at radius 2 is 1.90 bits per heavy atom. The molecule has 166 valence electrons. The first-order valence-corrected chi connectivity index (χ1v) is 13.3. The number of fused-ring (bicyclic) bond motifs is 1. The summed E-state index contributed by atoms with van der Waals surface area (Å²) in [5, 5.41) is 2.01. The maximum Gasteiger partial charge on any atom is 0.243 e. The highest BCUT2D eigenvalue weighted by Crippen LogP contribution is 2.29. The Balaban J connectivity index is 1.41. The van der Waals surface area contributed by atoms with Crippen LogP contribution in [0.2, 0.25) is 0 Å². The molecule has 1 saturated heterocycles. The zero-order valence-electron chi connectivity index (χ0n) is 17.8. The molecule has 2 aromatic rings. The second kappa shape index (κ2) is 9.67. The molecule has 4 rings (SSSR count). The van der Waals surface area contributed by atoms with E-state index in [0.717, 1.165) is 24.1 Å². The predicted molar refractivity (Wildman–Crippen MR) is 124 cm³/mol. The number of carbonyl (C=O) groups excluding carboxylic acids is 1. The van der Waals surface area contributed by atoms with Crippen LogP contribution in [0.3, 0.4) is 0 Å². The van der Waals surface area contributed by atoms with Crippen molar-refractivity contribution in [2.24, 2.45) is 5.92 Å². The number of nitrogens with zero attached hydrogens (tertiary/aromatic N) is 2. The number of thiophene rings is 1. The summed E-state index contributed by atoms with van der Waals surface area (Å²) in [4.78, 5) is 16.5. The van der Waals surface area contributed by atoms with Crippen molar-refractivity contribution in [2.45, 2.75) is 50.0 Å². The lowest BCUT2D eigenvalue weighted by molar-refractivity contribution is -0.136. The summed E-state index contributed by atoms with van der Waals surface area (Å²) in [6.07, 6.45) is 7.16. The zero-order valence-corrected chi connectivity index (χ0v) is 19.5. The maximum absolute atomic E-state index is 13.2. The normalized spacial score (nSPS) is 17.8. The molecule has 31 heavy (non-hydrogen) atoms. The van der Waals surface area contributed by atoms with Crippen molar-refractivity contribution in [3.8, 4) is 0 Å². The monoisotopic (exact) mass is 458 g/mol. The number of carbonyl (C=O) groups is 1. The number of amides is 1. The zero-order chi connectivity index (χ0) is 21.8. The van der Waals surface area contributed by atoms with Crippen LogP contribution in [0.5, 0.6) is 0 Å². The minimum Gasteiger partial charge on any atom is -0.334 e. The fourth-order valence-electron chi connectivity index (χ4n) is 4.60. The molecule has 0 bridgehead atoms. The van der Waals surface area contributed by atoms with Gasteiger partial charge in [-0.05, 0) is 73.2 Å². The van der Waals surface area contributed by atoms with Crippen molar-refractivity contribution >= 4 is 27.3 Å². The maximum atomic E-state index is 13.2. The smallest absolute Gasteiger partial charge is 0.243 e. The highest BCUT2D eigenvalue weighted by molar-refractivity contribution is 7.89. The molecule has 2 heterocycles. The minimum atomic E-state index is -3.52. The second-order valence-corrected chi connectivity index (χ2v) is 11.4. The van der Waals surface area contributed by atoms with Crippen LogP contribution in [-0.2, 0) is 34.2 Å². The van der Waals surface area contributed by atoms with Crippen LogP contribution >= 0.6 is 11.3 Å². The third-order valence-corrected chi connectivity index (χ3v) is 9.10. The van der Waals surface area contributed by atoms with Crippen LogP contribution in [0, 0.1) is 5.92 Å². The van der Waals surface area contributed by atoms with Gasteiger partial charge in [0.15, 0.2) is 0 Å². The van der Waals surface area contributed by atoms with E-state index >= 15 is 0 Å². The van der Waals surface area contributed by atoms with Gasteiger partial charge < -0.3 is 4.90 Å². The van der Waals surface area contributed by atoms with Crippen LogP contribution in [0.4, 0.5) is 0 Å². The Hall–Kier alpha value is -1.96. The fourth-order valence-corrected chi connectivity index (χ4v) is 6.84. The van der Waals surface area contributed by atoms with Gasteiger partial charge >= 0.3 is 0 Å². The van der Waals surface area contributed by atoms with Gasteiger partial charge in [-0.1, -0.05) is 18.2 Å². The Bertz CT molecular complexity index is 1020. The summed E-state index contributed by atoms with van der Waals surface area (Å²) in [5.41, 5.74) is 2.45. The Labute approximate surface area is 189 Å². The van der Waals surface area contributed by atoms with Crippen molar-refractivity contribution < 1.29 is 13.2 Å². The molecule has 0 saturated carbocycles. The van der Waals surface area contributed by atoms with E-state index in [1.54, 1.807) is 27.8 Å². The van der Waals surface area contributed by atoms with Crippen LogP contribution in [0.15, 0.2) is 53.3 Å². The molecule has 0 N–H and O–H groups in total. The molecule has 1 aliphatic carbocycles. The predicted octanol–water partition coefficient (Wildman–Crippen LogP) is 4.24. The van der Waals surface area contributed by atoms with E-state index in [1.807, 2.05) is 34.5 Å². The molecule has 2 aliphatic rings. The molecule has 1 aromatic heterocycles. The molecule has 0 atom stereocenters. The number of hydrogen-bond donors (Lipinski definition) is 0. The quantitative estimate of drug-likeness (QED) is 0.583. The molecular weight excluding hydrogens is 428 g/mol. The third kappa shape index (κ3) is 4.94. The average Bonchev–Trinajstić information content (AvgIpc) is 3.31. The third-order valence-electron chi connectivity index (χ3n) is 6.35. The average molecular weight is 459 g/mol. The molecule has 0 unspecified atom stereocenters. The van der Waals surface area contributed by atoms with Gasteiger partial charge in [-0.25, -0.2) is 8.42 Å². The highest BCUT2D eigenvalue weighted by atomic mass is 32.2. The van der Waals surface area contributed by atoms with Gasteiger partial charge in [0.1, 0.15) is 0 Å². The number of piperidine rings is 1. The lowest BCUT2D eigenvalue weighted by Gasteiger charge is -2.33. The molecule has 0 radical (unpaired) electrons. The van der Waals surface area contributed by atoms with E-state index in [2.05, 4.69) is 6.58 Å².